The summed E-state index contributed by atoms with van der Waals surface area (Å²) >= 11 is 4.28. The number of rotatable bonds is 2. The molecule has 0 unspecified atom stereocenters. The van der Waals surface area contributed by atoms with E-state index in [1.54, 1.807) is 0 Å². The van der Waals surface area contributed by atoms with Crippen molar-refractivity contribution in [2.75, 3.05) is 42.7 Å². The average Bonchev–Trinajstić information content (AvgIpc) is 3.17. The van der Waals surface area contributed by atoms with Crippen LogP contribution in [0.25, 0.3) is 0 Å². The van der Waals surface area contributed by atoms with Crippen molar-refractivity contribution in [1.82, 2.24) is 4.90 Å². The average molecular weight is 259 g/mol. The normalized spacial score (nSPS) is 34.9. The maximum Gasteiger partial charge on any atom is 0.0730 e. The van der Waals surface area contributed by atoms with Gasteiger partial charge in [-0.15, -0.1) is 0 Å². The molecule has 16 heavy (non-hydrogen) atoms. The zero-order valence-electron chi connectivity index (χ0n) is 9.77. The van der Waals surface area contributed by atoms with Crippen LogP contribution in [0.3, 0.4) is 0 Å². The van der Waals surface area contributed by atoms with Gasteiger partial charge in [0.25, 0.3) is 0 Å². The second kappa shape index (κ2) is 5.51. The predicted molar refractivity (Wildman–Crippen MR) is 72.5 cm³/mol. The van der Waals surface area contributed by atoms with Gasteiger partial charge in [-0.3, -0.25) is 4.90 Å². The molecule has 92 valence electrons. The number of nitrogens with zero attached hydrogens (tertiary/aromatic N) is 1. The van der Waals surface area contributed by atoms with Crippen molar-refractivity contribution in [3.8, 4) is 0 Å². The molecule has 0 spiro atoms. The highest BCUT2D eigenvalue weighted by atomic mass is 32.2. The highest BCUT2D eigenvalue weighted by Gasteiger charge is 2.36. The fourth-order valence-electron chi connectivity index (χ4n) is 2.60. The molecule has 3 rings (SSSR count). The molecule has 0 aromatic carbocycles. The van der Waals surface area contributed by atoms with Crippen molar-refractivity contribution < 1.29 is 4.74 Å². The third-order valence-electron chi connectivity index (χ3n) is 3.78. The molecule has 0 bridgehead atoms. The number of ether oxygens (including phenoxy) is 1. The van der Waals surface area contributed by atoms with Crippen LogP contribution in [-0.4, -0.2) is 59.8 Å². The van der Waals surface area contributed by atoms with E-state index < -0.39 is 0 Å². The monoisotopic (exact) mass is 259 g/mol. The minimum atomic E-state index is 0.562. The van der Waals surface area contributed by atoms with Gasteiger partial charge < -0.3 is 4.74 Å². The fraction of sp³-hybridized carbons (Fsp3) is 1.00. The van der Waals surface area contributed by atoms with Crippen molar-refractivity contribution in [1.29, 1.82) is 0 Å². The lowest BCUT2D eigenvalue weighted by atomic mass is 10.1. The zero-order valence-corrected chi connectivity index (χ0v) is 11.4. The molecule has 3 aliphatic rings. The maximum absolute atomic E-state index is 5.90. The molecule has 2 nitrogen and oxygen atoms in total. The molecule has 2 aliphatic heterocycles. The van der Waals surface area contributed by atoms with E-state index >= 15 is 0 Å². The fourth-order valence-corrected chi connectivity index (χ4v) is 5.22. The van der Waals surface area contributed by atoms with Crippen molar-refractivity contribution in [2.45, 2.75) is 25.0 Å². The molecule has 2 saturated heterocycles. The molecule has 4 heteroatoms. The molecule has 0 amide bonds. The van der Waals surface area contributed by atoms with Gasteiger partial charge in [0, 0.05) is 42.1 Å². The Morgan fingerprint density at radius 3 is 2.50 bits per heavy atom. The van der Waals surface area contributed by atoms with E-state index in [0.29, 0.717) is 6.10 Å². The molecule has 1 atom stereocenters. The van der Waals surface area contributed by atoms with Gasteiger partial charge in [0.2, 0.25) is 0 Å². The van der Waals surface area contributed by atoms with Crippen molar-refractivity contribution in [2.24, 2.45) is 5.92 Å². The number of hydrogen-bond donors (Lipinski definition) is 0. The van der Waals surface area contributed by atoms with Crippen molar-refractivity contribution in [3.63, 3.8) is 0 Å². The van der Waals surface area contributed by atoms with Crippen LogP contribution in [0.2, 0.25) is 0 Å². The Bertz CT molecular complexity index is 227. The first-order valence-electron chi connectivity index (χ1n) is 6.44. The Kier molecular flexibility index (Phi) is 4.03. The van der Waals surface area contributed by atoms with Crippen LogP contribution in [-0.2, 0) is 4.74 Å². The Morgan fingerprint density at radius 1 is 1.06 bits per heavy atom. The lowest BCUT2D eigenvalue weighted by molar-refractivity contribution is -0.0474. The van der Waals surface area contributed by atoms with E-state index in [1.807, 2.05) is 0 Å². The van der Waals surface area contributed by atoms with Gasteiger partial charge in [0.1, 0.15) is 0 Å². The first-order chi connectivity index (χ1) is 7.93. The van der Waals surface area contributed by atoms with E-state index in [1.165, 1.54) is 42.4 Å². The first kappa shape index (κ1) is 11.7. The molecule has 0 N–H and O–H groups in total. The maximum atomic E-state index is 5.90. The number of morpholine rings is 1. The van der Waals surface area contributed by atoms with Crippen LogP contribution in [0.1, 0.15) is 12.8 Å². The zero-order chi connectivity index (χ0) is 10.8. The van der Waals surface area contributed by atoms with Gasteiger partial charge in [-0.05, 0) is 18.8 Å². The minimum absolute atomic E-state index is 0.562. The molecule has 3 fully saturated rings. The quantitative estimate of drug-likeness (QED) is 0.751. The van der Waals surface area contributed by atoms with E-state index in [-0.39, 0.29) is 0 Å². The lowest BCUT2D eigenvalue weighted by Crippen LogP contribution is -2.50. The molecule has 0 radical (unpaired) electrons. The van der Waals surface area contributed by atoms with E-state index in [0.717, 1.165) is 25.1 Å². The van der Waals surface area contributed by atoms with Gasteiger partial charge in [0.15, 0.2) is 0 Å². The predicted octanol–water partition coefficient (Wildman–Crippen LogP) is 1.95. The molecule has 1 aliphatic carbocycles. The summed E-state index contributed by atoms with van der Waals surface area (Å²) < 4.78 is 5.90. The summed E-state index contributed by atoms with van der Waals surface area (Å²) in [5.74, 6) is 6.26. The van der Waals surface area contributed by atoms with Crippen LogP contribution in [0.4, 0.5) is 0 Å². The van der Waals surface area contributed by atoms with Crippen LogP contribution in [0.15, 0.2) is 0 Å². The summed E-state index contributed by atoms with van der Waals surface area (Å²) in [7, 11) is 0. The Hall–Kier alpha value is 0.620. The van der Waals surface area contributed by atoms with E-state index in [4.69, 9.17) is 4.74 Å². The topological polar surface area (TPSA) is 12.5 Å². The van der Waals surface area contributed by atoms with E-state index in [9.17, 15) is 0 Å². The SMILES string of the molecule is C1CN(C2CSCCSC2)C[C@H](C2CC2)O1. The summed E-state index contributed by atoms with van der Waals surface area (Å²) in [6.07, 6.45) is 3.38. The molecule has 0 aromatic heterocycles. The molecule has 2 heterocycles. The highest BCUT2D eigenvalue weighted by Crippen LogP contribution is 2.36. The van der Waals surface area contributed by atoms with Crippen LogP contribution in [0.5, 0.6) is 0 Å². The Balaban J connectivity index is 1.55. The van der Waals surface area contributed by atoms with Crippen molar-refractivity contribution >= 4 is 23.5 Å². The number of hydrogen-bond acceptors (Lipinski definition) is 4. The molecule has 0 aromatic rings. The standard InChI is InChI=1S/C12H21NOS2/c1-2-10(1)12-7-13(3-4-14-12)11-8-15-5-6-16-9-11/h10-12H,1-9H2/t12-/m1/s1. The highest BCUT2D eigenvalue weighted by molar-refractivity contribution is 8.03. The van der Waals surface area contributed by atoms with Gasteiger partial charge in [0.05, 0.1) is 12.7 Å². The van der Waals surface area contributed by atoms with Gasteiger partial charge in [-0.1, -0.05) is 0 Å². The summed E-state index contributed by atoms with van der Waals surface area (Å²) in [5.41, 5.74) is 0. The number of thioether (sulfide) groups is 2. The third-order valence-corrected chi connectivity index (χ3v) is 6.27. The summed E-state index contributed by atoms with van der Waals surface area (Å²) in [4.78, 5) is 2.71. The molecule has 1 saturated carbocycles. The van der Waals surface area contributed by atoms with Gasteiger partial charge in [-0.2, -0.15) is 23.5 Å². The van der Waals surface area contributed by atoms with Crippen LogP contribution in [0, 0.1) is 5.92 Å². The van der Waals surface area contributed by atoms with Crippen molar-refractivity contribution in [3.05, 3.63) is 0 Å². The van der Waals surface area contributed by atoms with E-state index in [2.05, 4.69) is 28.4 Å². The molecular weight excluding hydrogens is 238 g/mol. The minimum Gasteiger partial charge on any atom is -0.375 e. The second-order valence-corrected chi connectivity index (χ2v) is 7.34. The summed E-state index contributed by atoms with van der Waals surface area (Å²) in [6, 6.07) is 0.808. The Labute approximate surface area is 107 Å². The smallest absolute Gasteiger partial charge is 0.0730 e. The first-order valence-corrected chi connectivity index (χ1v) is 8.75. The second-order valence-electron chi connectivity index (χ2n) is 5.05. The molecular formula is C12H21NOS2. The van der Waals surface area contributed by atoms with Gasteiger partial charge >= 0.3 is 0 Å². The summed E-state index contributed by atoms with van der Waals surface area (Å²) in [6.45, 7) is 3.33. The summed E-state index contributed by atoms with van der Waals surface area (Å²) in [5, 5.41) is 0. The Morgan fingerprint density at radius 2 is 1.81 bits per heavy atom. The lowest BCUT2D eigenvalue weighted by Gasteiger charge is -2.37. The largest absolute Gasteiger partial charge is 0.375 e. The van der Waals surface area contributed by atoms with Crippen LogP contribution >= 0.6 is 23.5 Å². The third kappa shape index (κ3) is 2.89. The van der Waals surface area contributed by atoms with Crippen LogP contribution < -0.4 is 0 Å². The van der Waals surface area contributed by atoms with Gasteiger partial charge in [-0.25, -0.2) is 0 Å².